The van der Waals surface area contributed by atoms with E-state index in [1.807, 2.05) is 30.3 Å². The van der Waals surface area contributed by atoms with Crippen LogP contribution in [0.3, 0.4) is 0 Å². The number of aliphatic hydroxyl groups excluding tert-OH is 1. The van der Waals surface area contributed by atoms with Crippen molar-refractivity contribution in [1.29, 1.82) is 0 Å². The highest BCUT2D eigenvalue weighted by Gasteiger charge is 2.49. The van der Waals surface area contributed by atoms with Gasteiger partial charge < -0.3 is 14.6 Å². The number of aryl methyl sites for hydroxylation is 1. The van der Waals surface area contributed by atoms with Gasteiger partial charge in [-0.2, -0.15) is 0 Å². The Hall–Kier alpha value is -0.910. The molecular weight excluding hydrogens is 196 g/mol. The van der Waals surface area contributed by atoms with Crippen LogP contribution in [0.5, 0.6) is 0 Å². The molecule has 1 aromatic rings. The number of fused-ring (bicyclic) bond motifs is 1. The fraction of sp³-hybridized carbons (Fsp3) is 0.700. The van der Waals surface area contributed by atoms with Crippen molar-refractivity contribution >= 4 is 0 Å². The van der Waals surface area contributed by atoms with Gasteiger partial charge in [0, 0.05) is 0 Å². The summed E-state index contributed by atoms with van der Waals surface area (Å²) in [7, 11) is 1.98. The third kappa shape index (κ3) is 1.39. The van der Waals surface area contributed by atoms with Crippen molar-refractivity contribution in [3.8, 4) is 0 Å². The number of nitrogens with zero attached hydrogens (tertiary/aromatic N) is 2. The van der Waals surface area contributed by atoms with Gasteiger partial charge in [-0.05, 0) is 0 Å². The second-order valence-corrected chi connectivity index (χ2v) is 4.26. The molecule has 1 aromatic heterocycles. The van der Waals surface area contributed by atoms with Gasteiger partial charge in [-0.15, -0.1) is 0 Å². The molecule has 0 aliphatic carbocycles. The molecule has 0 amide bonds. The van der Waals surface area contributed by atoms with E-state index in [-0.39, 0.29) is 18.2 Å². The maximum absolute atomic E-state index is 9.60. The van der Waals surface area contributed by atoms with Gasteiger partial charge in [0.05, 0.1) is 20.3 Å². The molecule has 2 fully saturated rings. The zero-order valence-corrected chi connectivity index (χ0v) is 8.61. The van der Waals surface area contributed by atoms with E-state index < -0.39 is 6.10 Å². The van der Waals surface area contributed by atoms with E-state index in [9.17, 15) is 5.11 Å². The van der Waals surface area contributed by atoms with E-state index in [2.05, 4.69) is 4.57 Å². The SMILES string of the molecule is C[n+]1ccn([C@H]2CO[C@H]3[C@@H]2OC[C@H]3O)c1. The van der Waals surface area contributed by atoms with Gasteiger partial charge in [0.1, 0.15) is 30.7 Å². The molecule has 0 spiro atoms. The van der Waals surface area contributed by atoms with Crippen molar-refractivity contribution in [2.24, 2.45) is 7.05 Å². The second-order valence-electron chi connectivity index (χ2n) is 4.26. The third-order valence-electron chi connectivity index (χ3n) is 3.17. The lowest BCUT2D eigenvalue weighted by molar-refractivity contribution is -0.671. The molecule has 5 nitrogen and oxygen atoms in total. The predicted octanol–water partition coefficient (Wildman–Crippen LogP) is -0.988. The molecule has 1 N–H and O–H groups in total. The Bertz CT molecular complexity index is 365. The van der Waals surface area contributed by atoms with Crippen LogP contribution in [0.15, 0.2) is 18.7 Å². The lowest BCUT2D eigenvalue weighted by Gasteiger charge is -2.12. The summed E-state index contributed by atoms with van der Waals surface area (Å²) in [6.07, 6.45) is 5.37. The molecule has 5 heteroatoms. The number of aromatic nitrogens is 2. The summed E-state index contributed by atoms with van der Waals surface area (Å²) < 4.78 is 15.2. The molecule has 2 aliphatic rings. The highest BCUT2D eigenvalue weighted by atomic mass is 16.6. The van der Waals surface area contributed by atoms with Crippen LogP contribution >= 0.6 is 0 Å². The van der Waals surface area contributed by atoms with E-state index in [1.165, 1.54) is 0 Å². The molecule has 0 unspecified atom stereocenters. The van der Waals surface area contributed by atoms with Gasteiger partial charge in [-0.3, -0.25) is 0 Å². The van der Waals surface area contributed by atoms with E-state index >= 15 is 0 Å². The Morgan fingerprint density at radius 3 is 2.87 bits per heavy atom. The first-order chi connectivity index (χ1) is 7.25. The molecule has 2 aliphatic heterocycles. The molecule has 4 atom stereocenters. The average molecular weight is 211 g/mol. The lowest BCUT2D eigenvalue weighted by Crippen LogP contribution is -2.30. The normalized spacial score (nSPS) is 39.6. The molecule has 15 heavy (non-hydrogen) atoms. The average Bonchev–Trinajstić information content (AvgIpc) is 2.84. The number of hydrogen-bond acceptors (Lipinski definition) is 3. The van der Waals surface area contributed by atoms with Crippen LogP contribution in [0, 0.1) is 0 Å². The fourth-order valence-corrected chi connectivity index (χ4v) is 2.38. The van der Waals surface area contributed by atoms with Gasteiger partial charge in [0.15, 0.2) is 6.04 Å². The molecule has 0 radical (unpaired) electrons. The lowest BCUT2D eigenvalue weighted by atomic mass is 10.1. The first-order valence-electron chi connectivity index (χ1n) is 5.19. The van der Waals surface area contributed by atoms with Gasteiger partial charge in [-0.1, -0.05) is 0 Å². The topological polar surface area (TPSA) is 47.5 Å². The predicted molar refractivity (Wildman–Crippen MR) is 50.1 cm³/mol. The second kappa shape index (κ2) is 3.30. The number of ether oxygens (including phenoxy) is 2. The monoisotopic (exact) mass is 211 g/mol. The van der Waals surface area contributed by atoms with E-state index in [0.717, 1.165) is 0 Å². The van der Waals surface area contributed by atoms with Crippen LogP contribution in [-0.2, 0) is 16.5 Å². The van der Waals surface area contributed by atoms with Crippen LogP contribution < -0.4 is 4.57 Å². The minimum atomic E-state index is -0.468. The quantitative estimate of drug-likeness (QED) is 0.607. The Balaban J connectivity index is 1.84. The van der Waals surface area contributed by atoms with Gasteiger partial charge in [0.2, 0.25) is 6.33 Å². The van der Waals surface area contributed by atoms with Crippen LogP contribution in [-0.4, -0.2) is 41.2 Å². The fourth-order valence-electron chi connectivity index (χ4n) is 2.38. The van der Waals surface area contributed by atoms with Crippen LogP contribution in [0.1, 0.15) is 6.04 Å². The zero-order chi connectivity index (χ0) is 10.4. The number of imidazole rings is 1. The molecule has 82 valence electrons. The number of rotatable bonds is 1. The molecule has 3 heterocycles. The molecule has 0 bridgehead atoms. The molecular formula is C10H15N2O3+. The van der Waals surface area contributed by atoms with Crippen molar-refractivity contribution in [2.45, 2.75) is 24.4 Å². The van der Waals surface area contributed by atoms with Gasteiger partial charge >= 0.3 is 0 Å². The molecule has 0 aromatic carbocycles. The molecule has 0 saturated carbocycles. The van der Waals surface area contributed by atoms with Crippen molar-refractivity contribution in [1.82, 2.24) is 4.57 Å². The maximum atomic E-state index is 9.60. The van der Waals surface area contributed by atoms with Crippen molar-refractivity contribution in [3.63, 3.8) is 0 Å². The smallest absolute Gasteiger partial charge is 0.243 e. The zero-order valence-electron chi connectivity index (χ0n) is 8.61. The summed E-state index contributed by atoms with van der Waals surface area (Å²) in [4.78, 5) is 0. The largest absolute Gasteiger partial charge is 0.388 e. The highest BCUT2D eigenvalue weighted by molar-refractivity contribution is 4.97. The minimum absolute atomic E-state index is 0.00704. The maximum Gasteiger partial charge on any atom is 0.243 e. The summed E-state index contributed by atoms with van der Waals surface area (Å²) in [6, 6.07) is 0.188. The Labute approximate surface area is 87.8 Å². The van der Waals surface area contributed by atoms with Gasteiger partial charge in [-0.25, -0.2) is 9.13 Å². The van der Waals surface area contributed by atoms with Crippen LogP contribution in [0.2, 0.25) is 0 Å². The first-order valence-corrected chi connectivity index (χ1v) is 5.19. The highest BCUT2D eigenvalue weighted by Crippen LogP contribution is 2.33. The van der Waals surface area contributed by atoms with Gasteiger partial charge in [0.25, 0.3) is 0 Å². The summed E-state index contributed by atoms with van der Waals surface area (Å²) >= 11 is 0. The van der Waals surface area contributed by atoms with Crippen LogP contribution in [0.4, 0.5) is 0 Å². The third-order valence-corrected chi connectivity index (χ3v) is 3.17. The Morgan fingerprint density at radius 2 is 2.13 bits per heavy atom. The minimum Gasteiger partial charge on any atom is -0.388 e. The summed E-state index contributed by atoms with van der Waals surface area (Å²) in [5.41, 5.74) is 0. The Kier molecular flexibility index (Phi) is 2.05. The van der Waals surface area contributed by atoms with Crippen molar-refractivity contribution in [2.75, 3.05) is 13.2 Å². The number of aliphatic hydroxyl groups is 1. The summed E-state index contributed by atoms with van der Waals surface area (Å²) in [6.45, 7) is 1.00. The molecule has 2 saturated heterocycles. The van der Waals surface area contributed by atoms with Crippen LogP contribution in [0.25, 0.3) is 0 Å². The summed E-state index contributed by atoms with van der Waals surface area (Å²) in [5, 5.41) is 9.60. The van der Waals surface area contributed by atoms with Crippen molar-refractivity contribution < 1.29 is 19.1 Å². The standard InChI is InChI=1S/C10H15N2O3/c1-11-2-3-12(6-11)7-4-14-10-8(13)5-15-9(7)10/h2-3,6-10,13H,4-5H2,1H3/q+1/t7-,8+,9+,10+/m0/s1. The van der Waals surface area contributed by atoms with Crippen molar-refractivity contribution in [3.05, 3.63) is 18.7 Å². The van der Waals surface area contributed by atoms with E-state index in [1.54, 1.807) is 0 Å². The Morgan fingerprint density at radius 1 is 1.33 bits per heavy atom. The van der Waals surface area contributed by atoms with E-state index in [0.29, 0.717) is 13.2 Å². The summed E-state index contributed by atoms with van der Waals surface area (Å²) in [5.74, 6) is 0. The van der Waals surface area contributed by atoms with E-state index in [4.69, 9.17) is 9.47 Å². The first kappa shape index (κ1) is 9.33. The molecule has 3 rings (SSSR count). The number of hydrogen-bond donors (Lipinski definition) is 1.